The third-order valence-corrected chi connectivity index (χ3v) is 4.72. The molecule has 0 amide bonds. The Morgan fingerprint density at radius 2 is 2.20 bits per heavy atom. The van der Waals surface area contributed by atoms with Crippen molar-refractivity contribution in [2.75, 3.05) is 23.7 Å². The number of anilines is 2. The predicted molar refractivity (Wildman–Crippen MR) is 89.1 cm³/mol. The van der Waals surface area contributed by atoms with E-state index in [-0.39, 0.29) is 0 Å². The molecular formula is C16H20BrN3. The molecule has 20 heavy (non-hydrogen) atoms. The standard InChI is InChI=1S/C16H20BrN3/c1-2-20(10-11-4-3-5-11)16-13-8-12(17)6-7-15(13)19-9-14(16)18/h6-9,11H,2-5,10,18H2,1H3. The van der Waals surface area contributed by atoms with Crippen LogP contribution in [0.3, 0.4) is 0 Å². The Morgan fingerprint density at radius 1 is 1.40 bits per heavy atom. The first-order valence-corrected chi connectivity index (χ1v) is 8.07. The van der Waals surface area contributed by atoms with Gasteiger partial charge in [-0.05, 0) is 43.9 Å². The zero-order valence-electron chi connectivity index (χ0n) is 11.8. The van der Waals surface area contributed by atoms with Crippen molar-refractivity contribution in [1.29, 1.82) is 0 Å². The molecule has 0 unspecified atom stereocenters. The summed E-state index contributed by atoms with van der Waals surface area (Å²) in [6.45, 7) is 4.28. The zero-order valence-corrected chi connectivity index (χ0v) is 13.4. The summed E-state index contributed by atoms with van der Waals surface area (Å²) in [4.78, 5) is 6.85. The van der Waals surface area contributed by atoms with Crippen LogP contribution in [0.2, 0.25) is 0 Å². The highest BCUT2D eigenvalue weighted by molar-refractivity contribution is 9.10. The van der Waals surface area contributed by atoms with E-state index in [2.05, 4.69) is 38.8 Å². The fourth-order valence-corrected chi connectivity index (χ4v) is 3.25. The number of fused-ring (bicyclic) bond motifs is 1. The maximum atomic E-state index is 6.23. The van der Waals surface area contributed by atoms with E-state index in [0.29, 0.717) is 0 Å². The average molecular weight is 334 g/mol. The minimum Gasteiger partial charge on any atom is -0.396 e. The molecule has 106 valence electrons. The quantitative estimate of drug-likeness (QED) is 0.911. The van der Waals surface area contributed by atoms with Gasteiger partial charge in [0.15, 0.2) is 0 Å². The summed E-state index contributed by atoms with van der Waals surface area (Å²) in [7, 11) is 0. The molecule has 0 aliphatic heterocycles. The van der Waals surface area contributed by atoms with Gasteiger partial charge in [-0.2, -0.15) is 0 Å². The zero-order chi connectivity index (χ0) is 14.1. The van der Waals surface area contributed by atoms with Crippen LogP contribution in [0.5, 0.6) is 0 Å². The Kier molecular flexibility index (Phi) is 3.83. The molecule has 2 N–H and O–H groups in total. The molecule has 1 aromatic heterocycles. The number of nitrogens with two attached hydrogens (primary N) is 1. The molecule has 1 aliphatic carbocycles. The largest absolute Gasteiger partial charge is 0.396 e. The topological polar surface area (TPSA) is 42.1 Å². The highest BCUT2D eigenvalue weighted by Crippen LogP contribution is 2.36. The van der Waals surface area contributed by atoms with Gasteiger partial charge in [-0.25, -0.2) is 0 Å². The summed E-state index contributed by atoms with van der Waals surface area (Å²) in [6.07, 6.45) is 5.86. The lowest BCUT2D eigenvalue weighted by molar-refractivity contribution is 0.319. The lowest BCUT2D eigenvalue weighted by Crippen LogP contribution is -2.33. The van der Waals surface area contributed by atoms with E-state index in [0.717, 1.165) is 45.8 Å². The van der Waals surface area contributed by atoms with Gasteiger partial charge >= 0.3 is 0 Å². The van der Waals surface area contributed by atoms with Crippen LogP contribution in [0.1, 0.15) is 26.2 Å². The maximum absolute atomic E-state index is 6.23. The van der Waals surface area contributed by atoms with Crippen LogP contribution in [0.4, 0.5) is 11.4 Å². The van der Waals surface area contributed by atoms with Crippen molar-refractivity contribution in [3.8, 4) is 0 Å². The number of nitrogens with zero attached hydrogens (tertiary/aromatic N) is 2. The summed E-state index contributed by atoms with van der Waals surface area (Å²) in [5, 5.41) is 1.14. The van der Waals surface area contributed by atoms with Crippen molar-refractivity contribution >= 4 is 38.2 Å². The Morgan fingerprint density at radius 3 is 2.85 bits per heavy atom. The van der Waals surface area contributed by atoms with Gasteiger partial charge in [-0.3, -0.25) is 4.98 Å². The highest BCUT2D eigenvalue weighted by Gasteiger charge is 2.22. The molecule has 0 bridgehead atoms. The van der Waals surface area contributed by atoms with Gasteiger partial charge in [0.2, 0.25) is 0 Å². The SMILES string of the molecule is CCN(CC1CCC1)c1c(N)cnc2ccc(Br)cc12. The van der Waals surface area contributed by atoms with Crippen LogP contribution < -0.4 is 10.6 Å². The molecule has 0 saturated heterocycles. The molecule has 3 nitrogen and oxygen atoms in total. The molecule has 0 spiro atoms. The monoisotopic (exact) mass is 333 g/mol. The number of nitrogen functional groups attached to an aromatic ring is 1. The number of rotatable bonds is 4. The van der Waals surface area contributed by atoms with Gasteiger partial charge in [-0.15, -0.1) is 0 Å². The van der Waals surface area contributed by atoms with Gasteiger partial charge < -0.3 is 10.6 Å². The average Bonchev–Trinajstić information content (AvgIpc) is 2.39. The number of pyridine rings is 1. The predicted octanol–water partition coefficient (Wildman–Crippen LogP) is 4.21. The molecule has 2 aromatic rings. The smallest absolute Gasteiger partial charge is 0.0745 e. The van der Waals surface area contributed by atoms with Crippen LogP contribution in [0, 0.1) is 5.92 Å². The highest BCUT2D eigenvalue weighted by atomic mass is 79.9. The number of benzene rings is 1. The van der Waals surface area contributed by atoms with Crippen molar-refractivity contribution in [3.05, 3.63) is 28.9 Å². The summed E-state index contributed by atoms with van der Waals surface area (Å²) >= 11 is 3.55. The molecule has 1 fully saturated rings. The summed E-state index contributed by atoms with van der Waals surface area (Å²) in [5.74, 6) is 0.824. The van der Waals surface area contributed by atoms with Gasteiger partial charge in [0.1, 0.15) is 0 Å². The minimum atomic E-state index is 0.775. The Bertz CT molecular complexity index is 617. The van der Waals surface area contributed by atoms with E-state index in [1.807, 2.05) is 12.1 Å². The molecule has 1 heterocycles. The molecule has 4 heteroatoms. The first kappa shape index (κ1) is 13.7. The minimum absolute atomic E-state index is 0.775. The summed E-state index contributed by atoms with van der Waals surface area (Å²) < 4.78 is 1.07. The molecule has 1 aliphatic rings. The summed E-state index contributed by atoms with van der Waals surface area (Å²) in [6, 6.07) is 6.19. The number of halogens is 1. The third kappa shape index (κ3) is 2.49. The third-order valence-electron chi connectivity index (χ3n) is 4.23. The van der Waals surface area contributed by atoms with E-state index in [1.165, 1.54) is 19.3 Å². The van der Waals surface area contributed by atoms with Crippen LogP contribution >= 0.6 is 15.9 Å². The van der Waals surface area contributed by atoms with Crippen molar-refractivity contribution in [3.63, 3.8) is 0 Å². The fraction of sp³-hybridized carbons (Fsp3) is 0.438. The van der Waals surface area contributed by atoms with Gasteiger partial charge in [0, 0.05) is 22.9 Å². The number of hydrogen-bond acceptors (Lipinski definition) is 3. The second-order valence-electron chi connectivity index (χ2n) is 5.56. The Balaban J connectivity index is 2.06. The lowest BCUT2D eigenvalue weighted by Gasteiger charge is -2.34. The van der Waals surface area contributed by atoms with Crippen LogP contribution in [0.25, 0.3) is 10.9 Å². The van der Waals surface area contributed by atoms with Crippen molar-refractivity contribution in [2.24, 2.45) is 5.92 Å². The van der Waals surface area contributed by atoms with E-state index in [1.54, 1.807) is 6.20 Å². The molecule has 0 atom stereocenters. The Labute approximate surface area is 128 Å². The normalized spacial score (nSPS) is 15.3. The first-order chi connectivity index (χ1) is 9.69. The second-order valence-corrected chi connectivity index (χ2v) is 6.47. The van der Waals surface area contributed by atoms with E-state index >= 15 is 0 Å². The first-order valence-electron chi connectivity index (χ1n) is 7.27. The molecular weight excluding hydrogens is 314 g/mol. The van der Waals surface area contributed by atoms with Gasteiger partial charge in [0.25, 0.3) is 0 Å². The van der Waals surface area contributed by atoms with Crippen LogP contribution in [0.15, 0.2) is 28.9 Å². The van der Waals surface area contributed by atoms with E-state index < -0.39 is 0 Å². The molecule has 1 saturated carbocycles. The van der Waals surface area contributed by atoms with Gasteiger partial charge in [0.05, 0.1) is 23.1 Å². The molecule has 3 rings (SSSR count). The second kappa shape index (κ2) is 5.60. The van der Waals surface area contributed by atoms with E-state index in [9.17, 15) is 0 Å². The number of aromatic nitrogens is 1. The molecule has 1 aromatic carbocycles. The number of hydrogen-bond donors (Lipinski definition) is 1. The summed E-state index contributed by atoms with van der Waals surface area (Å²) in [5.41, 5.74) is 9.15. The van der Waals surface area contributed by atoms with Crippen molar-refractivity contribution in [2.45, 2.75) is 26.2 Å². The molecule has 0 radical (unpaired) electrons. The fourth-order valence-electron chi connectivity index (χ4n) is 2.88. The van der Waals surface area contributed by atoms with Crippen LogP contribution in [-0.4, -0.2) is 18.1 Å². The van der Waals surface area contributed by atoms with Crippen molar-refractivity contribution < 1.29 is 0 Å². The van der Waals surface area contributed by atoms with Gasteiger partial charge in [-0.1, -0.05) is 22.4 Å². The Hall–Kier alpha value is -1.29. The van der Waals surface area contributed by atoms with E-state index in [4.69, 9.17) is 5.73 Å². The maximum Gasteiger partial charge on any atom is 0.0745 e. The lowest BCUT2D eigenvalue weighted by atomic mass is 9.85. The van der Waals surface area contributed by atoms with Crippen molar-refractivity contribution in [1.82, 2.24) is 4.98 Å². The van der Waals surface area contributed by atoms with Crippen LogP contribution in [-0.2, 0) is 0 Å².